The van der Waals surface area contributed by atoms with Crippen LogP contribution in [0.1, 0.15) is 18.2 Å². The van der Waals surface area contributed by atoms with Crippen molar-refractivity contribution in [3.8, 4) is 0 Å². The van der Waals surface area contributed by atoms with E-state index in [1.807, 2.05) is 0 Å². The van der Waals surface area contributed by atoms with Crippen LogP contribution in [0.5, 0.6) is 0 Å². The maximum Gasteiger partial charge on any atom is 0.191 e. The van der Waals surface area contributed by atoms with Crippen LogP contribution in [0, 0.1) is 0 Å². The zero-order valence-electron chi connectivity index (χ0n) is 14.1. The molecule has 8 heteroatoms. The van der Waals surface area contributed by atoms with Crippen molar-refractivity contribution in [3.05, 3.63) is 20.8 Å². The molecule has 0 unspecified atom stereocenters. The van der Waals surface area contributed by atoms with E-state index in [9.17, 15) is 0 Å². The minimum atomic E-state index is 0. The van der Waals surface area contributed by atoms with Crippen molar-refractivity contribution in [3.63, 3.8) is 0 Å². The smallest absolute Gasteiger partial charge is 0.191 e. The van der Waals surface area contributed by atoms with Gasteiger partial charge in [-0.25, -0.2) is 4.99 Å². The van der Waals surface area contributed by atoms with Crippen LogP contribution in [0.25, 0.3) is 0 Å². The van der Waals surface area contributed by atoms with Crippen molar-refractivity contribution in [2.75, 3.05) is 46.9 Å². The Labute approximate surface area is 169 Å². The number of hydrogen-bond acceptors (Lipinski definition) is 4. The molecule has 0 saturated heterocycles. The summed E-state index contributed by atoms with van der Waals surface area (Å²) in [5, 5.41) is 6.66. The highest BCUT2D eigenvalue weighted by atomic mass is 127. The molecule has 1 heterocycles. The number of nitrogens with one attached hydrogen (secondary N) is 2. The van der Waals surface area contributed by atoms with Gasteiger partial charge in [0.2, 0.25) is 0 Å². The molecule has 0 bridgehead atoms. The molecule has 23 heavy (non-hydrogen) atoms. The molecule has 1 aromatic heterocycles. The predicted octanol–water partition coefficient (Wildman–Crippen LogP) is 3.15. The lowest BCUT2D eigenvalue weighted by Gasteiger charge is -2.18. The highest BCUT2D eigenvalue weighted by Gasteiger charge is 2.01. The first-order valence-corrected chi connectivity index (χ1v) is 9.20. The van der Waals surface area contributed by atoms with Gasteiger partial charge in [0.1, 0.15) is 0 Å². The average Bonchev–Trinajstić information content (AvgIpc) is 2.91. The van der Waals surface area contributed by atoms with E-state index in [0.717, 1.165) is 49.0 Å². The summed E-state index contributed by atoms with van der Waals surface area (Å²) in [5.74, 6) is 0.873. The molecule has 0 radical (unpaired) electrons. The fourth-order valence-corrected chi connectivity index (χ4v) is 3.30. The van der Waals surface area contributed by atoms with Crippen molar-refractivity contribution < 1.29 is 4.74 Å². The molecule has 0 amide bonds. The maximum absolute atomic E-state index is 5.07. The van der Waals surface area contributed by atoms with Crippen molar-refractivity contribution in [2.45, 2.75) is 19.9 Å². The number of guanidine groups is 1. The topological polar surface area (TPSA) is 48.9 Å². The molecule has 0 aliphatic rings. The largest absolute Gasteiger partial charge is 0.385 e. The second-order valence-electron chi connectivity index (χ2n) is 4.98. The van der Waals surface area contributed by atoms with Crippen LogP contribution >= 0.6 is 51.2 Å². The third-order valence-electron chi connectivity index (χ3n) is 3.04. The van der Waals surface area contributed by atoms with E-state index in [0.29, 0.717) is 6.54 Å². The molecule has 0 saturated carbocycles. The minimum absolute atomic E-state index is 0. The number of halogens is 2. The van der Waals surface area contributed by atoms with Crippen LogP contribution in [0.3, 0.4) is 0 Å². The molecule has 5 nitrogen and oxygen atoms in total. The van der Waals surface area contributed by atoms with Crippen LogP contribution < -0.4 is 10.6 Å². The third kappa shape index (κ3) is 11.3. The Bertz CT molecular complexity index is 445. The summed E-state index contributed by atoms with van der Waals surface area (Å²) < 4.78 is 6.22. The van der Waals surface area contributed by atoms with E-state index in [2.05, 4.69) is 62.6 Å². The number of hydrogen-bond donors (Lipinski definition) is 2. The fourth-order valence-electron chi connectivity index (χ4n) is 1.89. The van der Waals surface area contributed by atoms with E-state index >= 15 is 0 Å². The van der Waals surface area contributed by atoms with Gasteiger partial charge in [0.05, 0.1) is 10.3 Å². The molecule has 1 aromatic rings. The number of rotatable bonds is 10. The fraction of sp³-hybridized carbons (Fsp3) is 0.667. The summed E-state index contributed by atoms with van der Waals surface area (Å²) >= 11 is 5.20. The summed E-state index contributed by atoms with van der Waals surface area (Å²) in [6.45, 7) is 7.38. The molecule has 0 aliphatic carbocycles. The Kier molecular flexibility index (Phi) is 14.5. The van der Waals surface area contributed by atoms with Gasteiger partial charge in [-0.05, 0) is 48.5 Å². The molecule has 0 aromatic carbocycles. The summed E-state index contributed by atoms with van der Waals surface area (Å²) in [6.07, 6.45) is 1.06. The molecule has 0 aliphatic heterocycles. The number of thiophene rings is 1. The number of nitrogens with zero attached hydrogens (tertiary/aromatic N) is 2. The standard InChI is InChI=1S/C15H27BrN4OS.HI/c1-4-17-15(19-12-13-6-7-14(16)22-13)18-8-10-20(2)9-5-11-21-3;/h6-7H,4-5,8-12H2,1-3H3,(H2,17,18,19);1H. The van der Waals surface area contributed by atoms with Crippen LogP contribution in [-0.4, -0.2) is 57.8 Å². The maximum atomic E-state index is 5.07. The summed E-state index contributed by atoms with van der Waals surface area (Å²) in [5.41, 5.74) is 0. The molecule has 0 fully saturated rings. The first kappa shape index (κ1) is 23.1. The van der Waals surface area contributed by atoms with Gasteiger partial charge in [0.25, 0.3) is 0 Å². The van der Waals surface area contributed by atoms with Crippen molar-refractivity contribution >= 4 is 57.2 Å². The molecular formula is C15H28BrIN4OS. The van der Waals surface area contributed by atoms with Crippen molar-refractivity contribution in [2.24, 2.45) is 4.99 Å². The van der Waals surface area contributed by atoms with E-state index in [-0.39, 0.29) is 24.0 Å². The van der Waals surface area contributed by atoms with Gasteiger partial charge < -0.3 is 20.3 Å². The lowest BCUT2D eigenvalue weighted by atomic mass is 10.4. The molecule has 134 valence electrons. The lowest BCUT2D eigenvalue weighted by Crippen LogP contribution is -2.41. The SMILES string of the molecule is CCNC(=NCc1ccc(Br)s1)NCCN(C)CCCOC.I. The Morgan fingerprint density at radius 3 is 2.74 bits per heavy atom. The third-order valence-corrected chi connectivity index (χ3v) is 4.65. The summed E-state index contributed by atoms with van der Waals surface area (Å²) in [7, 11) is 3.87. The minimum Gasteiger partial charge on any atom is -0.385 e. The number of likely N-dealkylation sites (N-methyl/N-ethyl adjacent to an activating group) is 1. The van der Waals surface area contributed by atoms with Gasteiger partial charge in [-0.15, -0.1) is 35.3 Å². The van der Waals surface area contributed by atoms with Crippen molar-refractivity contribution in [1.29, 1.82) is 0 Å². The zero-order valence-corrected chi connectivity index (χ0v) is 18.8. The van der Waals surface area contributed by atoms with Gasteiger partial charge in [-0.3, -0.25) is 0 Å². The highest BCUT2D eigenvalue weighted by molar-refractivity contribution is 14.0. The van der Waals surface area contributed by atoms with Gasteiger partial charge in [-0.2, -0.15) is 0 Å². The van der Waals surface area contributed by atoms with Crippen molar-refractivity contribution in [1.82, 2.24) is 15.5 Å². The van der Waals surface area contributed by atoms with Crippen LogP contribution in [-0.2, 0) is 11.3 Å². The molecule has 1 rings (SSSR count). The Balaban J connectivity index is 0.00000484. The van der Waals surface area contributed by atoms with Gasteiger partial charge >= 0.3 is 0 Å². The molecule has 0 atom stereocenters. The van der Waals surface area contributed by atoms with Gasteiger partial charge in [0.15, 0.2) is 5.96 Å². The first-order valence-electron chi connectivity index (χ1n) is 7.59. The van der Waals surface area contributed by atoms with Crippen LogP contribution in [0.15, 0.2) is 20.9 Å². The lowest BCUT2D eigenvalue weighted by molar-refractivity contribution is 0.180. The van der Waals surface area contributed by atoms with Gasteiger partial charge in [0, 0.05) is 44.8 Å². The zero-order chi connectivity index (χ0) is 16.2. The molecule has 0 spiro atoms. The van der Waals surface area contributed by atoms with E-state index in [1.165, 1.54) is 4.88 Å². The van der Waals surface area contributed by atoms with Gasteiger partial charge in [-0.1, -0.05) is 0 Å². The second-order valence-corrected chi connectivity index (χ2v) is 7.52. The quantitative estimate of drug-likeness (QED) is 0.216. The van der Waals surface area contributed by atoms with Crippen LogP contribution in [0.4, 0.5) is 0 Å². The Morgan fingerprint density at radius 2 is 2.13 bits per heavy atom. The Morgan fingerprint density at radius 1 is 1.35 bits per heavy atom. The normalized spacial score (nSPS) is 11.4. The second kappa shape index (κ2) is 14.4. The monoisotopic (exact) mass is 518 g/mol. The summed E-state index contributed by atoms with van der Waals surface area (Å²) in [6, 6.07) is 4.16. The molecular weight excluding hydrogens is 491 g/mol. The first-order chi connectivity index (χ1) is 10.7. The predicted molar refractivity (Wildman–Crippen MR) is 114 cm³/mol. The Hall–Kier alpha value is 0.1000. The van der Waals surface area contributed by atoms with E-state index < -0.39 is 0 Å². The summed E-state index contributed by atoms with van der Waals surface area (Å²) in [4.78, 5) is 8.16. The van der Waals surface area contributed by atoms with E-state index in [4.69, 9.17) is 4.74 Å². The van der Waals surface area contributed by atoms with Crippen LogP contribution in [0.2, 0.25) is 0 Å². The molecule has 2 N–H and O–H groups in total. The van der Waals surface area contributed by atoms with E-state index in [1.54, 1.807) is 18.4 Å². The number of ether oxygens (including phenoxy) is 1. The average molecular weight is 519 g/mol. The highest BCUT2D eigenvalue weighted by Crippen LogP contribution is 2.22. The number of methoxy groups -OCH3 is 1. The number of aliphatic imine (C=N–C) groups is 1.